The summed E-state index contributed by atoms with van der Waals surface area (Å²) < 4.78 is 5.71. The largest absolute Gasteiger partial charge is 0.481 e. The molecule has 0 aliphatic carbocycles. The van der Waals surface area contributed by atoms with E-state index in [1.165, 1.54) is 0 Å². The van der Waals surface area contributed by atoms with Crippen molar-refractivity contribution in [1.29, 1.82) is 0 Å². The lowest BCUT2D eigenvalue weighted by molar-refractivity contribution is -0.127. The molecule has 5 heteroatoms. The van der Waals surface area contributed by atoms with Gasteiger partial charge < -0.3 is 10.1 Å². The average Bonchev–Trinajstić information content (AvgIpc) is 2.95. The minimum absolute atomic E-state index is 0.0186. The van der Waals surface area contributed by atoms with Gasteiger partial charge in [-0.1, -0.05) is 17.7 Å². The van der Waals surface area contributed by atoms with E-state index in [2.05, 4.69) is 5.32 Å². The predicted molar refractivity (Wildman–Crippen MR) is 87.2 cm³/mol. The van der Waals surface area contributed by atoms with E-state index in [1.54, 1.807) is 30.4 Å². The van der Waals surface area contributed by atoms with Crippen LogP contribution in [-0.2, 0) is 4.79 Å². The molecular weight excluding hydrogens is 306 g/mol. The highest BCUT2D eigenvalue weighted by Crippen LogP contribution is 2.23. The number of hydrogen-bond donors (Lipinski definition) is 1. The summed E-state index contributed by atoms with van der Waals surface area (Å²) in [6.45, 7) is 5.61. The van der Waals surface area contributed by atoms with Crippen molar-refractivity contribution in [2.24, 2.45) is 0 Å². The Morgan fingerprint density at radius 1 is 1.33 bits per heavy atom. The summed E-state index contributed by atoms with van der Waals surface area (Å²) in [7, 11) is 0. The zero-order chi connectivity index (χ0) is 15.4. The van der Waals surface area contributed by atoms with E-state index in [0.29, 0.717) is 10.8 Å². The highest BCUT2D eigenvalue weighted by molar-refractivity contribution is 7.10. The van der Waals surface area contributed by atoms with Crippen molar-refractivity contribution in [3.63, 3.8) is 0 Å². The second-order valence-corrected chi connectivity index (χ2v) is 6.33. The molecule has 0 bridgehead atoms. The van der Waals surface area contributed by atoms with E-state index in [-0.39, 0.29) is 11.9 Å². The highest BCUT2D eigenvalue weighted by Gasteiger charge is 2.18. The van der Waals surface area contributed by atoms with Gasteiger partial charge in [0.25, 0.3) is 5.91 Å². The number of nitrogens with one attached hydrogen (secondary N) is 1. The van der Waals surface area contributed by atoms with Crippen molar-refractivity contribution in [2.45, 2.75) is 32.9 Å². The van der Waals surface area contributed by atoms with Crippen LogP contribution in [0.1, 0.15) is 30.3 Å². The fourth-order valence-corrected chi connectivity index (χ4v) is 2.89. The van der Waals surface area contributed by atoms with Crippen molar-refractivity contribution < 1.29 is 9.53 Å². The van der Waals surface area contributed by atoms with Gasteiger partial charge in [-0.3, -0.25) is 4.79 Å². The summed E-state index contributed by atoms with van der Waals surface area (Å²) >= 11 is 7.53. The van der Waals surface area contributed by atoms with Crippen LogP contribution in [0.5, 0.6) is 5.75 Å². The maximum Gasteiger partial charge on any atom is 0.261 e. The minimum Gasteiger partial charge on any atom is -0.481 e. The quantitative estimate of drug-likeness (QED) is 0.888. The molecule has 2 rings (SSSR count). The second kappa shape index (κ2) is 6.96. The number of hydrogen-bond acceptors (Lipinski definition) is 3. The lowest BCUT2D eigenvalue weighted by Gasteiger charge is -2.19. The van der Waals surface area contributed by atoms with E-state index in [4.69, 9.17) is 16.3 Å². The molecule has 0 radical (unpaired) electrons. The highest BCUT2D eigenvalue weighted by atomic mass is 35.5. The van der Waals surface area contributed by atoms with Gasteiger partial charge in [0.1, 0.15) is 5.75 Å². The number of rotatable bonds is 5. The molecule has 1 heterocycles. The Morgan fingerprint density at radius 2 is 2.10 bits per heavy atom. The Balaban J connectivity index is 1.96. The maximum atomic E-state index is 12.2. The van der Waals surface area contributed by atoms with E-state index < -0.39 is 6.10 Å². The van der Waals surface area contributed by atoms with Gasteiger partial charge in [-0.25, -0.2) is 0 Å². The number of amides is 1. The number of benzene rings is 1. The lowest BCUT2D eigenvalue weighted by atomic mass is 10.2. The molecule has 0 aliphatic heterocycles. The van der Waals surface area contributed by atoms with Crippen LogP contribution in [0.15, 0.2) is 35.7 Å². The summed E-state index contributed by atoms with van der Waals surface area (Å²) in [4.78, 5) is 13.3. The van der Waals surface area contributed by atoms with Gasteiger partial charge in [0.2, 0.25) is 0 Å². The molecule has 2 atom stereocenters. The molecule has 1 N–H and O–H groups in total. The van der Waals surface area contributed by atoms with Crippen LogP contribution in [-0.4, -0.2) is 12.0 Å². The molecule has 0 aliphatic rings. The monoisotopic (exact) mass is 323 g/mol. The van der Waals surface area contributed by atoms with Crippen LogP contribution in [0, 0.1) is 6.92 Å². The fourth-order valence-electron chi connectivity index (χ4n) is 1.93. The third-order valence-corrected chi connectivity index (χ3v) is 4.43. The molecule has 0 unspecified atom stereocenters. The number of thiophene rings is 1. The third kappa shape index (κ3) is 4.22. The summed E-state index contributed by atoms with van der Waals surface area (Å²) in [5, 5.41) is 5.60. The minimum atomic E-state index is -0.563. The van der Waals surface area contributed by atoms with Crippen LogP contribution in [0.3, 0.4) is 0 Å². The number of carbonyl (C=O) groups is 1. The molecule has 0 fully saturated rings. The average molecular weight is 324 g/mol. The maximum absolute atomic E-state index is 12.2. The standard InChI is InChI=1S/C16H18ClNO2S/c1-10-9-13(17)6-7-14(10)20-12(3)16(19)18-11(2)15-5-4-8-21-15/h4-9,11-12H,1-3H3,(H,18,19)/t11-,12-/m0/s1. The Hall–Kier alpha value is -1.52. The van der Waals surface area contributed by atoms with Gasteiger partial charge in [0.05, 0.1) is 6.04 Å². The lowest BCUT2D eigenvalue weighted by Crippen LogP contribution is -2.37. The van der Waals surface area contributed by atoms with Gasteiger partial charge >= 0.3 is 0 Å². The zero-order valence-corrected chi connectivity index (χ0v) is 13.8. The van der Waals surface area contributed by atoms with Crippen molar-refractivity contribution in [3.8, 4) is 5.75 Å². The van der Waals surface area contributed by atoms with Gasteiger partial charge in [-0.05, 0) is 56.0 Å². The first-order valence-corrected chi connectivity index (χ1v) is 7.99. The second-order valence-electron chi connectivity index (χ2n) is 4.92. The van der Waals surface area contributed by atoms with Gasteiger partial charge in [0, 0.05) is 9.90 Å². The molecule has 0 saturated heterocycles. The first-order chi connectivity index (χ1) is 9.97. The summed E-state index contributed by atoms with van der Waals surface area (Å²) in [6, 6.07) is 9.31. The SMILES string of the molecule is Cc1cc(Cl)ccc1O[C@@H](C)C(=O)N[C@@H](C)c1cccs1. The van der Waals surface area contributed by atoms with E-state index in [0.717, 1.165) is 10.4 Å². The van der Waals surface area contributed by atoms with Crippen LogP contribution in [0.2, 0.25) is 5.02 Å². The molecule has 1 aromatic carbocycles. The molecule has 3 nitrogen and oxygen atoms in total. The third-order valence-electron chi connectivity index (χ3n) is 3.14. The van der Waals surface area contributed by atoms with Crippen LogP contribution in [0.4, 0.5) is 0 Å². The van der Waals surface area contributed by atoms with Crippen molar-refractivity contribution in [1.82, 2.24) is 5.32 Å². The molecular formula is C16H18ClNO2S. The van der Waals surface area contributed by atoms with E-state index in [1.807, 2.05) is 37.4 Å². The number of aryl methyl sites for hydroxylation is 1. The van der Waals surface area contributed by atoms with Gasteiger partial charge in [0.15, 0.2) is 6.10 Å². The first-order valence-electron chi connectivity index (χ1n) is 6.74. The van der Waals surface area contributed by atoms with Crippen LogP contribution in [0.25, 0.3) is 0 Å². The van der Waals surface area contributed by atoms with E-state index in [9.17, 15) is 4.79 Å². The molecule has 112 valence electrons. The van der Waals surface area contributed by atoms with E-state index >= 15 is 0 Å². The summed E-state index contributed by atoms with van der Waals surface area (Å²) in [5.41, 5.74) is 0.911. The van der Waals surface area contributed by atoms with Crippen LogP contribution >= 0.6 is 22.9 Å². The molecule has 0 saturated carbocycles. The van der Waals surface area contributed by atoms with Gasteiger partial charge in [-0.15, -0.1) is 11.3 Å². The predicted octanol–water partition coefficient (Wildman–Crippen LogP) is 4.35. The Morgan fingerprint density at radius 3 is 2.71 bits per heavy atom. The molecule has 1 aromatic heterocycles. The van der Waals surface area contributed by atoms with Gasteiger partial charge in [-0.2, -0.15) is 0 Å². The zero-order valence-electron chi connectivity index (χ0n) is 12.2. The Labute approximate surface area is 133 Å². The molecule has 1 amide bonds. The molecule has 2 aromatic rings. The topological polar surface area (TPSA) is 38.3 Å². The molecule has 0 spiro atoms. The normalized spacial score (nSPS) is 13.5. The first kappa shape index (κ1) is 15.9. The van der Waals surface area contributed by atoms with Crippen LogP contribution < -0.4 is 10.1 Å². The smallest absolute Gasteiger partial charge is 0.261 e. The summed E-state index contributed by atoms with van der Waals surface area (Å²) in [5.74, 6) is 0.538. The summed E-state index contributed by atoms with van der Waals surface area (Å²) in [6.07, 6.45) is -0.563. The van der Waals surface area contributed by atoms with Crippen molar-refractivity contribution in [3.05, 3.63) is 51.2 Å². The molecule has 21 heavy (non-hydrogen) atoms. The number of halogens is 1. The fraction of sp³-hybridized carbons (Fsp3) is 0.312. The number of ether oxygens (including phenoxy) is 1. The number of carbonyl (C=O) groups excluding carboxylic acids is 1. The van der Waals surface area contributed by atoms with Crippen molar-refractivity contribution in [2.75, 3.05) is 0 Å². The Bertz CT molecular complexity index is 613. The van der Waals surface area contributed by atoms with Crippen molar-refractivity contribution >= 4 is 28.8 Å². The Kier molecular flexibility index (Phi) is 5.26.